The molecular weight excluding hydrogens is 340 g/mol. The predicted molar refractivity (Wildman–Crippen MR) is 94.6 cm³/mol. The van der Waals surface area contributed by atoms with E-state index in [2.05, 4.69) is 15.5 Å². The minimum Gasteiger partial charge on any atom is -0.510 e. The van der Waals surface area contributed by atoms with Crippen LogP contribution in [-0.4, -0.2) is 23.0 Å². The third-order valence-corrected chi connectivity index (χ3v) is 3.22. The van der Waals surface area contributed by atoms with Gasteiger partial charge < -0.3 is 15.2 Å². The molecular formula is C17H16N4O5. The number of aliphatic hydroxyl groups is 1. The first kappa shape index (κ1) is 18.6. The number of nitro benzene ring substituents is 1. The molecule has 0 unspecified atom stereocenters. The van der Waals surface area contributed by atoms with Crippen molar-refractivity contribution in [2.45, 2.75) is 6.92 Å². The van der Waals surface area contributed by atoms with Crippen LogP contribution >= 0.6 is 0 Å². The molecule has 0 aliphatic heterocycles. The van der Waals surface area contributed by atoms with E-state index in [1.807, 2.05) is 0 Å². The van der Waals surface area contributed by atoms with Crippen LogP contribution in [0.5, 0.6) is 5.75 Å². The van der Waals surface area contributed by atoms with Crippen LogP contribution in [0.4, 0.5) is 17.1 Å². The highest BCUT2D eigenvalue weighted by atomic mass is 16.6. The third kappa shape index (κ3) is 4.63. The van der Waals surface area contributed by atoms with E-state index < -0.39 is 10.8 Å². The number of nitro groups is 1. The van der Waals surface area contributed by atoms with Gasteiger partial charge in [-0.05, 0) is 25.1 Å². The molecule has 2 aromatic carbocycles. The smallest absolute Gasteiger partial charge is 0.279 e. The molecule has 2 rings (SSSR count). The number of non-ortho nitro benzene ring substituents is 1. The summed E-state index contributed by atoms with van der Waals surface area (Å²) in [5.74, 6) is -0.870. The standard InChI is InChI=1S/C17H16N4O5/c1-11(22)16(17(23)18-12-6-4-3-5-7-12)20-19-14-9-8-13(21(24)25)10-15(14)26-2/h3-10,22H,1-2H3,(H,18,23)/b16-11-,20-19?. The summed E-state index contributed by atoms with van der Waals surface area (Å²) in [6.07, 6.45) is 0. The SMILES string of the molecule is COc1cc([N+](=O)[O-])ccc1N=N/C(C(=O)Nc1ccccc1)=C(/C)O. The Hall–Kier alpha value is -3.75. The molecule has 1 amide bonds. The summed E-state index contributed by atoms with van der Waals surface area (Å²) in [5.41, 5.74) is 0.231. The first-order chi connectivity index (χ1) is 12.4. The van der Waals surface area contributed by atoms with Crippen LogP contribution in [0.25, 0.3) is 0 Å². The van der Waals surface area contributed by atoms with Gasteiger partial charge in [0.2, 0.25) is 0 Å². The van der Waals surface area contributed by atoms with Gasteiger partial charge in [-0.15, -0.1) is 10.2 Å². The maximum Gasteiger partial charge on any atom is 0.279 e. The van der Waals surface area contributed by atoms with E-state index in [-0.39, 0.29) is 28.6 Å². The topological polar surface area (TPSA) is 126 Å². The van der Waals surface area contributed by atoms with Crippen LogP contribution < -0.4 is 10.1 Å². The molecule has 9 nitrogen and oxygen atoms in total. The average molecular weight is 356 g/mol. The highest BCUT2D eigenvalue weighted by Crippen LogP contribution is 2.32. The van der Waals surface area contributed by atoms with E-state index in [1.54, 1.807) is 30.3 Å². The number of hydrogen-bond donors (Lipinski definition) is 2. The van der Waals surface area contributed by atoms with Gasteiger partial charge in [0.15, 0.2) is 11.4 Å². The molecule has 26 heavy (non-hydrogen) atoms. The molecule has 0 heterocycles. The van der Waals surface area contributed by atoms with E-state index >= 15 is 0 Å². The second-order valence-electron chi connectivity index (χ2n) is 5.07. The van der Waals surface area contributed by atoms with Crippen molar-refractivity contribution in [1.29, 1.82) is 0 Å². The van der Waals surface area contributed by atoms with Crippen molar-refractivity contribution in [1.82, 2.24) is 0 Å². The first-order valence-corrected chi connectivity index (χ1v) is 7.42. The largest absolute Gasteiger partial charge is 0.510 e. The lowest BCUT2D eigenvalue weighted by Gasteiger charge is -2.06. The number of nitrogens with zero attached hydrogens (tertiary/aromatic N) is 3. The summed E-state index contributed by atoms with van der Waals surface area (Å²) in [6, 6.07) is 12.4. The molecule has 9 heteroatoms. The number of carbonyl (C=O) groups excluding carboxylic acids is 1. The summed E-state index contributed by atoms with van der Waals surface area (Å²) in [6.45, 7) is 1.30. The first-order valence-electron chi connectivity index (χ1n) is 7.42. The van der Waals surface area contributed by atoms with Crippen molar-refractivity contribution >= 4 is 23.0 Å². The van der Waals surface area contributed by atoms with Crippen LogP contribution in [-0.2, 0) is 4.79 Å². The molecule has 0 aliphatic carbocycles. The number of allylic oxidation sites excluding steroid dienone is 1. The Morgan fingerprint density at radius 1 is 1.23 bits per heavy atom. The Labute approximate surface area is 148 Å². The van der Waals surface area contributed by atoms with Gasteiger partial charge in [0, 0.05) is 11.8 Å². The maximum absolute atomic E-state index is 12.3. The van der Waals surface area contributed by atoms with Gasteiger partial charge in [0.25, 0.3) is 11.6 Å². The maximum atomic E-state index is 12.3. The molecule has 0 atom stereocenters. The number of rotatable bonds is 6. The van der Waals surface area contributed by atoms with Gasteiger partial charge in [-0.25, -0.2) is 0 Å². The fraction of sp³-hybridized carbons (Fsp3) is 0.118. The summed E-state index contributed by atoms with van der Waals surface area (Å²) >= 11 is 0. The van der Waals surface area contributed by atoms with Crippen LogP contribution in [0.2, 0.25) is 0 Å². The van der Waals surface area contributed by atoms with Gasteiger partial charge in [0.1, 0.15) is 11.4 Å². The van der Waals surface area contributed by atoms with Crippen molar-refractivity contribution in [3.8, 4) is 5.75 Å². The summed E-state index contributed by atoms with van der Waals surface area (Å²) in [4.78, 5) is 22.5. The molecule has 0 aliphatic rings. The Balaban J connectivity index is 2.26. The Bertz CT molecular complexity index is 874. The number of para-hydroxylation sites is 1. The lowest BCUT2D eigenvalue weighted by molar-refractivity contribution is -0.384. The number of amides is 1. The minimum atomic E-state index is -0.652. The lowest BCUT2D eigenvalue weighted by atomic mass is 10.2. The van der Waals surface area contributed by atoms with E-state index in [0.29, 0.717) is 5.69 Å². The number of hydrogen-bond acceptors (Lipinski definition) is 7. The number of aliphatic hydroxyl groups excluding tert-OH is 1. The van der Waals surface area contributed by atoms with E-state index in [9.17, 15) is 20.0 Å². The van der Waals surface area contributed by atoms with E-state index in [4.69, 9.17) is 4.74 Å². The Morgan fingerprint density at radius 3 is 2.50 bits per heavy atom. The van der Waals surface area contributed by atoms with Crippen LogP contribution in [0.1, 0.15) is 6.92 Å². The van der Waals surface area contributed by atoms with Gasteiger partial charge >= 0.3 is 0 Å². The number of ether oxygens (including phenoxy) is 1. The number of carbonyl (C=O) groups is 1. The summed E-state index contributed by atoms with van der Waals surface area (Å²) in [7, 11) is 1.33. The zero-order valence-corrected chi connectivity index (χ0v) is 14.0. The van der Waals surface area contributed by atoms with Gasteiger partial charge in [-0.3, -0.25) is 14.9 Å². The second-order valence-corrected chi connectivity index (χ2v) is 5.07. The number of nitrogens with one attached hydrogen (secondary N) is 1. The zero-order valence-electron chi connectivity index (χ0n) is 14.0. The third-order valence-electron chi connectivity index (χ3n) is 3.22. The molecule has 0 bridgehead atoms. The Kier molecular flexibility index (Phi) is 5.99. The van der Waals surface area contributed by atoms with E-state index in [1.165, 1.54) is 32.2 Å². The molecule has 0 fully saturated rings. The average Bonchev–Trinajstić information content (AvgIpc) is 2.62. The van der Waals surface area contributed by atoms with Crippen LogP contribution in [0, 0.1) is 10.1 Å². The van der Waals surface area contributed by atoms with Crippen molar-refractivity contribution in [3.05, 3.63) is 70.1 Å². The van der Waals surface area contributed by atoms with Crippen molar-refractivity contribution in [2.75, 3.05) is 12.4 Å². The summed E-state index contributed by atoms with van der Waals surface area (Å²) < 4.78 is 5.05. The number of anilines is 1. The zero-order chi connectivity index (χ0) is 19.1. The molecule has 0 radical (unpaired) electrons. The number of benzene rings is 2. The molecule has 0 aromatic heterocycles. The lowest BCUT2D eigenvalue weighted by Crippen LogP contribution is -2.14. The molecule has 2 aromatic rings. The highest BCUT2D eigenvalue weighted by Gasteiger charge is 2.15. The molecule has 0 saturated heterocycles. The fourth-order valence-corrected chi connectivity index (χ4v) is 1.96. The van der Waals surface area contributed by atoms with Crippen LogP contribution in [0.3, 0.4) is 0 Å². The van der Waals surface area contributed by atoms with Gasteiger partial charge in [-0.1, -0.05) is 18.2 Å². The minimum absolute atomic E-state index is 0.112. The number of methoxy groups -OCH3 is 1. The van der Waals surface area contributed by atoms with Crippen molar-refractivity contribution in [2.24, 2.45) is 10.2 Å². The quantitative estimate of drug-likeness (QED) is 0.265. The fourth-order valence-electron chi connectivity index (χ4n) is 1.96. The molecule has 0 saturated carbocycles. The monoisotopic (exact) mass is 356 g/mol. The second kappa shape index (κ2) is 8.38. The van der Waals surface area contributed by atoms with Gasteiger partial charge in [-0.2, -0.15) is 0 Å². The molecule has 134 valence electrons. The summed E-state index contributed by atoms with van der Waals surface area (Å²) in [5, 5.41) is 30.7. The molecule has 2 N–H and O–H groups in total. The Morgan fingerprint density at radius 2 is 1.92 bits per heavy atom. The highest BCUT2D eigenvalue weighted by molar-refractivity contribution is 6.03. The van der Waals surface area contributed by atoms with E-state index in [0.717, 1.165) is 0 Å². The van der Waals surface area contributed by atoms with Crippen LogP contribution in [0.15, 0.2) is 70.2 Å². The normalized spacial score (nSPS) is 11.8. The predicted octanol–water partition coefficient (Wildman–Crippen LogP) is 4.12. The van der Waals surface area contributed by atoms with Gasteiger partial charge in [0.05, 0.1) is 18.1 Å². The molecule has 0 spiro atoms. The van der Waals surface area contributed by atoms with Crippen molar-refractivity contribution in [3.63, 3.8) is 0 Å². The van der Waals surface area contributed by atoms with Crippen molar-refractivity contribution < 1.29 is 19.6 Å². The number of azo groups is 1.